The molecule has 4 rings (SSSR count). The van der Waals surface area contributed by atoms with Crippen LogP contribution < -0.4 is 16.0 Å². The number of piperazine rings is 1. The summed E-state index contributed by atoms with van der Waals surface area (Å²) in [4.78, 5) is 57.2. The van der Waals surface area contributed by atoms with Crippen LogP contribution in [0, 0.1) is 17.7 Å². The molecular weight excluding hydrogens is 601 g/mol. The first-order valence-electron chi connectivity index (χ1n) is 17.2. The maximum Gasteiger partial charge on any atom is 0.270 e. The molecule has 1 saturated heterocycles. The van der Waals surface area contributed by atoms with Gasteiger partial charge in [0.25, 0.3) is 5.91 Å². The lowest BCUT2D eigenvalue weighted by Gasteiger charge is -2.39. The van der Waals surface area contributed by atoms with Crippen molar-refractivity contribution in [1.29, 1.82) is 0 Å². The molecule has 1 aromatic carbocycles. The van der Waals surface area contributed by atoms with Crippen LogP contribution in [0.3, 0.4) is 0 Å². The van der Waals surface area contributed by atoms with Gasteiger partial charge in [0, 0.05) is 57.3 Å². The Labute approximate surface area is 278 Å². The van der Waals surface area contributed by atoms with E-state index in [-0.39, 0.29) is 29.8 Å². The molecular formula is C35H52FN7O4. The number of amides is 4. The number of aromatic nitrogens is 2. The molecule has 258 valence electrons. The second kappa shape index (κ2) is 16.3. The first-order chi connectivity index (χ1) is 22.4. The van der Waals surface area contributed by atoms with Gasteiger partial charge in [-0.15, -0.1) is 0 Å². The lowest BCUT2D eigenvalue weighted by Crippen LogP contribution is -2.57. The molecule has 1 aliphatic heterocycles. The van der Waals surface area contributed by atoms with Crippen LogP contribution in [0.25, 0.3) is 0 Å². The zero-order valence-electron chi connectivity index (χ0n) is 28.7. The molecule has 11 nitrogen and oxygen atoms in total. The number of aryl methyl sites for hydroxylation is 1. The second-order valence-corrected chi connectivity index (χ2v) is 13.4. The highest BCUT2D eigenvalue weighted by Gasteiger charge is 2.35. The van der Waals surface area contributed by atoms with Crippen LogP contribution in [-0.4, -0.2) is 87.5 Å². The molecule has 2 heterocycles. The Morgan fingerprint density at radius 1 is 0.957 bits per heavy atom. The van der Waals surface area contributed by atoms with Crippen molar-refractivity contribution in [3.63, 3.8) is 0 Å². The van der Waals surface area contributed by atoms with E-state index in [4.69, 9.17) is 0 Å². The third-order valence-corrected chi connectivity index (χ3v) is 9.89. The lowest BCUT2D eigenvalue weighted by molar-refractivity contribution is -0.138. The number of nitrogens with zero attached hydrogens (tertiary/aromatic N) is 4. The van der Waals surface area contributed by atoms with E-state index in [2.05, 4.69) is 46.7 Å². The van der Waals surface area contributed by atoms with E-state index in [1.165, 1.54) is 12.1 Å². The van der Waals surface area contributed by atoms with Crippen LogP contribution >= 0.6 is 0 Å². The number of carbonyl (C=O) groups is 4. The van der Waals surface area contributed by atoms with Crippen molar-refractivity contribution in [3.05, 3.63) is 47.5 Å². The Balaban J connectivity index is 1.51. The first-order valence-corrected chi connectivity index (χ1v) is 17.2. The average molecular weight is 654 g/mol. The van der Waals surface area contributed by atoms with Gasteiger partial charge in [0.2, 0.25) is 17.7 Å². The number of hydrogen-bond acceptors (Lipinski definition) is 6. The maximum atomic E-state index is 15.7. The molecule has 1 aliphatic carbocycles. The number of halogens is 1. The molecule has 12 heteroatoms. The monoisotopic (exact) mass is 653 g/mol. The summed E-state index contributed by atoms with van der Waals surface area (Å²) in [6.07, 6.45) is 5.20. The minimum absolute atomic E-state index is 0.0155. The van der Waals surface area contributed by atoms with Gasteiger partial charge in [-0.1, -0.05) is 39.7 Å². The number of benzene rings is 1. The lowest BCUT2D eigenvalue weighted by atomic mass is 9.79. The largest absolute Gasteiger partial charge is 0.344 e. The summed E-state index contributed by atoms with van der Waals surface area (Å²) in [7, 11) is 0. The van der Waals surface area contributed by atoms with E-state index < -0.39 is 35.6 Å². The minimum atomic E-state index is -0.863. The molecule has 47 heavy (non-hydrogen) atoms. The van der Waals surface area contributed by atoms with E-state index in [0.717, 1.165) is 38.8 Å². The molecule has 3 N–H and O–H groups in total. The quantitative estimate of drug-likeness (QED) is 0.316. The van der Waals surface area contributed by atoms with Crippen molar-refractivity contribution in [1.82, 2.24) is 30.2 Å². The predicted octanol–water partition coefficient (Wildman–Crippen LogP) is 4.16. The van der Waals surface area contributed by atoms with Gasteiger partial charge >= 0.3 is 0 Å². The summed E-state index contributed by atoms with van der Waals surface area (Å²) in [6.45, 7) is 15.0. The summed E-state index contributed by atoms with van der Waals surface area (Å²) in [5, 5.41) is 12.7. The zero-order chi connectivity index (χ0) is 34.2. The summed E-state index contributed by atoms with van der Waals surface area (Å²) in [6, 6.07) is 4.75. The second-order valence-electron chi connectivity index (χ2n) is 13.4. The highest BCUT2D eigenvalue weighted by Crippen LogP contribution is 2.32. The average Bonchev–Trinajstić information content (AvgIpc) is 3.56. The molecule has 0 unspecified atom stereocenters. The first kappa shape index (κ1) is 36.0. The summed E-state index contributed by atoms with van der Waals surface area (Å²) >= 11 is 0. The molecule has 2 aliphatic rings. The van der Waals surface area contributed by atoms with Crippen LogP contribution in [0.4, 0.5) is 10.1 Å². The number of carbonyl (C=O) groups excluding carboxylic acids is 4. The molecule has 1 saturated carbocycles. The number of nitrogens with one attached hydrogen (secondary N) is 3. The van der Waals surface area contributed by atoms with Gasteiger partial charge < -0.3 is 20.9 Å². The van der Waals surface area contributed by atoms with Gasteiger partial charge in [-0.05, 0) is 69.2 Å². The number of hydrogen-bond donors (Lipinski definition) is 3. The molecule has 1 aromatic heterocycles. The van der Waals surface area contributed by atoms with Crippen LogP contribution in [0.15, 0.2) is 30.5 Å². The molecule has 0 spiro atoms. The molecule has 0 radical (unpaired) electrons. The molecule has 2 fully saturated rings. The number of anilines is 1. The third-order valence-electron chi connectivity index (χ3n) is 9.89. The molecule has 3 atom stereocenters. The smallest absolute Gasteiger partial charge is 0.270 e. The Hall–Kier alpha value is -3.80. The van der Waals surface area contributed by atoms with Crippen LogP contribution in [0.1, 0.15) is 95.6 Å². The van der Waals surface area contributed by atoms with Gasteiger partial charge in [-0.2, -0.15) is 5.10 Å². The standard InChI is InChI=1S/C35H52FN7O4/c1-7-30(44)39-31(35(47)42-19-17-41(18-20-42)22(3)4)24(6)26-13-14-28(27(36)21-26)38-34(46)32(25-11-9-23(5)10-12-25)40-33(45)29-15-16-37-43(29)8-2/h13-16,21-25,31-32H,7-12,17-20H2,1-6H3,(H,38,46)(H,39,44)(H,40,45)/t23-,24-,25-,31+,32-/m0/s1. The predicted molar refractivity (Wildman–Crippen MR) is 179 cm³/mol. The van der Waals surface area contributed by atoms with Gasteiger partial charge in [-0.3, -0.25) is 28.8 Å². The van der Waals surface area contributed by atoms with Gasteiger partial charge in [-0.25, -0.2) is 4.39 Å². The topological polar surface area (TPSA) is 129 Å². The fraction of sp³-hybridized carbons (Fsp3) is 0.629. The number of rotatable bonds is 12. The Bertz CT molecular complexity index is 1400. The highest BCUT2D eigenvalue weighted by atomic mass is 19.1. The van der Waals surface area contributed by atoms with E-state index in [0.29, 0.717) is 42.9 Å². The highest BCUT2D eigenvalue weighted by molar-refractivity contribution is 6.00. The van der Waals surface area contributed by atoms with Crippen molar-refractivity contribution >= 4 is 29.3 Å². The zero-order valence-corrected chi connectivity index (χ0v) is 28.7. The van der Waals surface area contributed by atoms with Crippen LogP contribution in [0.2, 0.25) is 0 Å². The minimum Gasteiger partial charge on any atom is -0.344 e. The van der Waals surface area contributed by atoms with Crippen molar-refractivity contribution in [2.75, 3.05) is 31.5 Å². The van der Waals surface area contributed by atoms with E-state index in [1.54, 1.807) is 41.8 Å². The van der Waals surface area contributed by atoms with Gasteiger partial charge in [0.05, 0.1) is 5.69 Å². The van der Waals surface area contributed by atoms with E-state index in [9.17, 15) is 19.2 Å². The third kappa shape index (κ3) is 8.97. The van der Waals surface area contributed by atoms with Crippen molar-refractivity contribution in [2.24, 2.45) is 11.8 Å². The van der Waals surface area contributed by atoms with Gasteiger partial charge in [0.15, 0.2) is 0 Å². The van der Waals surface area contributed by atoms with E-state index >= 15 is 4.39 Å². The van der Waals surface area contributed by atoms with Gasteiger partial charge in [0.1, 0.15) is 23.6 Å². The Kier molecular flexibility index (Phi) is 12.5. The maximum absolute atomic E-state index is 15.7. The van der Waals surface area contributed by atoms with E-state index in [1.807, 2.05) is 6.92 Å². The van der Waals surface area contributed by atoms with Crippen molar-refractivity contribution in [2.45, 2.75) is 104 Å². The fourth-order valence-electron chi connectivity index (χ4n) is 6.66. The Morgan fingerprint density at radius 3 is 2.23 bits per heavy atom. The summed E-state index contributed by atoms with van der Waals surface area (Å²) in [5.41, 5.74) is 0.869. The normalized spacial score (nSPS) is 20.7. The Morgan fingerprint density at radius 2 is 1.64 bits per heavy atom. The SMILES string of the molecule is CCC(=O)N[C@@H](C(=O)N1CCN(C(C)C)CC1)[C@@H](C)c1ccc(NC(=O)[C@@H](NC(=O)c2ccnn2CC)[C@H]2CC[C@H](C)CC2)c(F)c1. The van der Waals surface area contributed by atoms with Crippen molar-refractivity contribution < 1.29 is 23.6 Å². The fourth-order valence-corrected chi connectivity index (χ4v) is 6.66. The van der Waals surface area contributed by atoms with Crippen molar-refractivity contribution in [3.8, 4) is 0 Å². The van der Waals surface area contributed by atoms with Crippen LogP contribution in [-0.2, 0) is 20.9 Å². The van der Waals surface area contributed by atoms with Crippen LogP contribution in [0.5, 0.6) is 0 Å². The molecule has 2 aromatic rings. The summed E-state index contributed by atoms with van der Waals surface area (Å²) < 4.78 is 17.2. The molecule has 4 amide bonds. The molecule has 0 bridgehead atoms. The summed E-state index contributed by atoms with van der Waals surface area (Å²) in [5.74, 6) is -2.06.